The van der Waals surface area contributed by atoms with E-state index >= 15 is 0 Å². The fraction of sp³-hybridized carbons (Fsp3) is 0.312. The molecule has 0 spiro atoms. The third-order valence-electron chi connectivity index (χ3n) is 2.68. The molecule has 4 heteroatoms. The van der Waals surface area contributed by atoms with Crippen molar-refractivity contribution >= 4 is 21.8 Å². The van der Waals surface area contributed by atoms with Gasteiger partial charge in [-0.05, 0) is 37.6 Å². The number of carbonyl (C=O) groups excluding carboxylic acids is 1. The van der Waals surface area contributed by atoms with Crippen LogP contribution in [0.25, 0.3) is 0 Å². The lowest BCUT2D eigenvalue weighted by Gasteiger charge is -2.25. The van der Waals surface area contributed by atoms with Crippen molar-refractivity contribution in [1.82, 2.24) is 4.90 Å². The van der Waals surface area contributed by atoms with Gasteiger partial charge in [-0.1, -0.05) is 40.7 Å². The van der Waals surface area contributed by atoms with Crippen LogP contribution in [-0.4, -0.2) is 22.2 Å². The lowest BCUT2D eigenvalue weighted by Crippen LogP contribution is -2.38. The highest BCUT2D eigenvalue weighted by Gasteiger charge is 2.28. The quantitative estimate of drug-likeness (QED) is 0.582. The molecule has 0 aromatic heterocycles. The molecule has 0 saturated carbocycles. The van der Waals surface area contributed by atoms with Gasteiger partial charge in [-0.2, -0.15) is 0 Å². The minimum Gasteiger partial charge on any atom is -0.497 e. The summed E-state index contributed by atoms with van der Waals surface area (Å²) in [5, 5.41) is 0. The van der Waals surface area contributed by atoms with Crippen molar-refractivity contribution in [3.05, 3.63) is 54.8 Å². The lowest BCUT2D eigenvalue weighted by atomic mass is 10.1. The number of nitrogens with zero attached hydrogens (tertiary/aromatic N) is 1. The minimum absolute atomic E-state index is 0.00795. The first kappa shape index (κ1) is 16.5. The number of hydrogen-bond acceptors (Lipinski definition) is 2. The summed E-state index contributed by atoms with van der Waals surface area (Å²) in [6.07, 6.45) is 5.14. The summed E-state index contributed by atoms with van der Waals surface area (Å²) in [6.45, 7) is 7.80. The zero-order chi connectivity index (χ0) is 15.2. The lowest BCUT2D eigenvalue weighted by molar-refractivity contribution is -0.130. The van der Waals surface area contributed by atoms with E-state index in [2.05, 4.69) is 22.5 Å². The van der Waals surface area contributed by atoms with Gasteiger partial charge in [-0.25, -0.2) is 0 Å². The highest BCUT2D eigenvalue weighted by Crippen LogP contribution is 2.21. The number of amides is 1. The predicted octanol–water partition coefficient (Wildman–Crippen LogP) is 3.90. The molecule has 0 unspecified atom stereocenters. The molecule has 0 heterocycles. The number of alkyl halides is 1. The molecule has 108 valence electrons. The molecule has 0 atom stereocenters. The summed E-state index contributed by atoms with van der Waals surface area (Å²) < 4.78 is 4.52. The van der Waals surface area contributed by atoms with E-state index in [-0.39, 0.29) is 5.91 Å². The minimum atomic E-state index is -0.606. The zero-order valence-electron chi connectivity index (χ0n) is 12.1. The van der Waals surface area contributed by atoms with E-state index < -0.39 is 4.32 Å². The van der Waals surface area contributed by atoms with Crippen LogP contribution < -0.4 is 4.74 Å². The summed E-state index contributed by atoms with van der Waals surface area (Å²) >= 11 is 3.40. The first-order valence-corrected chi connectivity index (χ1v) is 7.10. The second-order valence-corrected chi connectivity index (χ2v) is 6.81. The Bertz CT molecular complexity index is 486. The number of halogens is 1. The summed E-state index contributed by atoms with van der Waals surface area (Å²) in [4.78, 5) is 14.0. The number of ether oxygens (including phenoxy) is 1. The van der Waals surface area contributed by atoms with Crippen LogP contribution in [0, 0.1) is 0 Å². The van der Waals surface area contributed by atoms with Crippen LogP contribution in [0.15, 0.2) is 49.2 Å². The summed E-state index contributed by atoms with van der Waals surface area (Å²) in [5.74, 6) is 0.792. The maximum Gasteiger partial charge on any atom is 0.243 e. The Morgan fingerprint density at radius 3 is 2.45 bits per heavy atom. The standard InChI is InChI=1S/C16H20BrNO2/c1-5-6-11-18(15(19)16(2,3)17)12-13-7-9-14(20-4)10-8-13/h5-11H,1,12H2,2-4H3/b11-6+. The third-order valence-corrected chi connectivity index (χ3v) is 3.02. The molecule has 0 aliphatic carbocycles. The fourth-order valence-electron chi connectivity index (χ4n) is 1.63. The average molecular weight is 338 g/mol. The Morgan fingerprint density at radius 2 is 2.00 bits per heavy atom. The molecule has 0 aliphatic heterocycles. The molecule has 0 bridgehead atoms. The normalized spacial score (nSPS) is 11.4. The van der Waals surface area contributed by atoms with Gasteiger partial charge in [0.2, 0.25) is 5.91 Å². The SMILES string of the molecule is C=C/C=C/N(Cc1ccc(OC)cc1)C(=O)C(C)(C)Br. The van der Waals surface area contributed by atoms with Gasteiger partial charge < -0.3 is 9.64 Å². The van der Waals surface area contributed by atoms with Crippen molar-refractivity contribution in [2.75, 3.05) is 7.11 Å². The highest BCUT2D eigenvalue weighted by molar-refractivity contribution is 9.10. The summed E-state index contributed by atoms with van der Waals surface area (Å²) in [7, 11) is 1.63. The number of benzene rings is 1. The molecule has 3 nitrogen and oxygen atoms in total. The third kappa shape index (κ3) is 4.85. The van der Waals surface area contributed by atoms with E-state index in [0.717, 1.165) is 11.3 Å². The molecular weight excluding hydrogens is 318 g/mol. The van der Waals surface area contributed by atoms with Gasteiger partial charge in [-0.3, -0.25) is 4.79 Å². The number of rotatable bonds is 6. The van der Waals surface area contributed by atoms with Gasteiger partial charge in [0.15, 0.2) is 0 Å². The van der Waals surface area contributed by atoms with Crippen molar-refractivity contribution in [2.45, 2.75) is 24.7 Å². The molecule has 1 aromatic rings. The van der Waals surface area contributed by atoms with Gasteiger partial charge in [0.05, 0.1) is 18.0 Å². The van der Waals surface area contributed by atoms with Crippen LogP contribution in [0.2, 0.25) is 0 Å². The number of methoxy groups -OCH3 is 1. The molecule has 0 N–H and O–H groups in total. The second kappa shape index (κ2) is 7.29. The van der Waals surface area contributed by atoms with E-state index in [1.54, 1.807) is 30.4 Å². The number of allylic oxidation sites excluding steroid dienone is 2. The number of carbonyl (C=O) groups is 1. The molecular formula is C16H20BrNO2. The Kier molecular flexibility index (Phi) is 6.02. The van der Waals surface area contributed by atoms with Crippen LogP contribution in [-0.2, 0) is 11.3 Å². The van der Waals surface area contributed by atoms with E-state index in [0.29, 0.717) is 6.54 Å². The van der Waals surface area contributed by atoms with Gasteiger partial charge in [0, 0.05) is 6.20 Å². The average Bonchev–Trinajstić information content (AvgIpc) is 2.42. The molecule has 20 heavy (non-hydrogen) atoms. The van der Waals surface area contributed by atoms with Crippen molar-refractivity contribution in [3.8, 4) is 5.75 Å². The summed E-state index contributed by atoms with van der Waals surface area (Å²) in [5.41, 5.74) is 1.03. The van der Waals surface area contributed by atoms with Crippen LogP contribution in [0.1, 0.15) is 19.4 Å². The van der Waals surface area contributed by atoms with Crippen molar-refractivity contribution < 1.29 is 9.53 Å². The van der Waals surface area contributed by atoms with Crippen molar-refractivity contribution in [3.63, 3.8) is 0 Å². The van der Waals surface area contributed by atoms with E-state index in [9.17, 15) is 4.79 Å². The van der Waals surface area contributed by atoms with Gasteiger partial charge in [0.1, 0.15) is 5.75 Å². The predicted molar refractivity (Wildman–Crippen MR) is 85.9 cm³/mol. The topological polar surface area (TPSA) is 29.5 Å². The smallest absolute Gasteiger partial charge is 0.243 e. The van der Waals surface area contributed by atoms with Crippen LogP contribution in [0.4, 0.5) is 0 Å². The fourth-order valence-corrected chi connectivity index (χ4v) is 1.85. The maximum atomic E-state index is 12.4. The van der Waals surface area contributed by atoms with Crippen LogP contribution in [0.5, 0.6) is 5.75 Å². The first-order valence-electron chi connectivity index (χ1n) is 6.30. The summed E-state index contributed by atoms with van der Waals surface area (Å²) in [6, 6.07) is 7.66. The molecule has 1 rings (SSSR count). The molecule has 0 radical (unpaired) electrons. The van der Waals surface area contributed by atoms with E-state index in [4.69, 9.17) is 4.74 Å². The molecule has 1 aromatic carbocycles. The van der Waals surface area contributed by atoms with E-state index in [1.165, 1.54) is 0 Å². The van der Waals surface area contributed by atoms with E-state index in [1.807, 2.05) is 38.1 Å². The zero-order valence-corrected chi connectivity index (χ0v) is 13.7. The Labute approximate surface area is 129 Å². The Morgan fingerprint density at radius 1 is 1.40 bits per heavy atom. The molecule has 1 amide bonds. The molecule has 0 fully saturated rings. The maximum absolute atomic E-state index is 12.4. The molecule has 0 aliphatic rings. The first-order chi connectivity index (χ1) is 9.38. The largest absolute Gasteiger partial charge is 0.497 e. The van der Waals surface area contributed by atoms with Gasteiger partial charge in [0.25, 0.3) is 0 Å². The van der Waals surface area contributed by atoms with Crippen LogP contribution in [0.3, 0.4) is 0 Å². The van der Waals surface area contributed by atoms with Crippen LogP contribution >= 0.6 is 15.9 Å². The van der Waals surface area contributed by atoms with Gasteiger partial charge >= 0.3 is 0 Å². The van der Waals surface area contributed by atoms with Crippen molar-refractivity contribution in [2.24, 2.45) is 0 Å². The molecule has 0 saturated heterocycles. The van der Waals surface area contributed by atoms with Crippen molar-refractivity contribution in [1.29, 1.82) is 0 Å². The Hall–Kier alpha value is -1.55. The van der Waals surface area contributed by atoms with Gasteiger partial charge in [-0.15, -0.1) is 0 Å². The monoisotopic (exact) mass is 337 g/mol. The number of hydrogen-bond donors (Lipinski definition) is 0. The Balaban J connectivity index is 2.91. The second-order valence-electron chi connectivity index (χ2n) is 4.83. The highest BCUT2D eigenvalue weighted by atomic mass is 79.9.